The molecule has 0 atom stereocenters. The first-order valence-electron chi connectivity index (χ1n) is 9.49. The van der Waals surface area contributed by atoms with E-state index in [0.29, 0.717) is 17.1 Å². The monoisotopic (exact) mass is 447 g/mol. The Morgan fingerprint density at radius 3 is 2.71 bits per heavy atom. The number of hydrogen-bond donors (Lipinski definition) is 1. The van der Waals surface area contributed by atoms with Gasteiger partial charge in [-0.15, -0.1) is 0 Å². The molecule has 6 nitrogen and oxygen atoms in total. The van der Waals surface area contributed by atoms with E-state index in [1.807, 2.05) is 34.9 Å². The van der Waals surface area contributed by atoms with Gasteiger partial charge in [-0.2, -0.15) is 0 Å². The average Bonchev–Trinajstić information content (AvgIpc) is 3.20. The molecule has 1 amide bonds. The van der Waals surface area contributed by atoms with Gasteiger partial charge in [-0.25, -0.2) is 9.97 Å². The highest BCUT2D eigenvalue weighted by atomic mass is 35.5. The number of hydrogen-bond acceptors (Lipinski definition) is 4. The van der Waals surface area contributed by atoms with Gasteiger partial charge in [0, 0.05) is 28.9 Å². The van der Waals surface area contributed by atoms with Crippen LogP contribution in [0.3, 0.4) is 0 Å². The largest absolute Gasteiger partial charge is 0.311 e. The maximum atomic E-state index is 11.8. The Kier molecular flexibility index (Phi) is 5.02. The third-order valence-electron chi connectivity index (χ3n) is 5.08. The standard InChI is InChI=1S/C23H15Cl2N5O/c24-18-11-16(4-5-17(18)23(31)29-25)20-7-8-21-22(28-20)30(13-27-21)12-14-3-6-19-15(10-14)2-1-9-26-19/h1-11,13H,12H2,(H,29,31). The number of benzene rings is 2. The van der Waals surface area contributed by atoms with Crippen molar-refractivity contribution < 1.29 is 4.79 Å². The van der Waals surface area contributed by atoms with Gasteiger partial charge >= 0.3 is 0 Å². The second kappa shape index (κ2) is 7.98. The fourth-order valence-electron chi connectivity index (χ4n) is 3.55. The minimum Gasteiger partial charge on any atom is -0.311 e. The summed E-state index contributed by atoms with van der Waals surface area (Å²) >= 11 is 11.7. The summed E-state index contributed by atoms with van der Waals surface area (Å²) in [5.74, 6) is -0.453. The second-order valence-corrected chi connectivity index (χ2v) is 7.66. The van der Waals surface area contributed by atoms with Gasteiger partial charge in [0.15, 0.2) is 5.65 Å². The van der Waals surface area contributed by atoms with Crippen LogP contribution in [0.25, 0.3) is 33.3 Å². The van der Waals surface area contributed by atoms with E-state index in [1.165, 1.54) is 0 Å². The number of halogens is 2. The van der Waals surface area contributed by atoms with Crippen LogP contribution in [0.15, 0.2) is 73.2 Å². The summed E-state index contributed by atoms with van der Waals surface area (Å²) in [5.41, 5.74) is 5.49. The molecule has 1 N–H and O–H groups in total. The zero-order valence-corrected chi connectivity index (χ0v) is 17.6. The van der Waals surface area contributed by atoms with Crippen molar-refractivity contribution in [2.75, 3.05) is 0 Å². The molecular formula is C23H15Cl2N5O. The minimum absolute atomic E-state index is 0.302. The number of aromatic nitrogens is 4. The van der Waals surface area contributed by atoms with Crippen molar-refractivity contribution in [3.63, 3.8) is 0 Å². The van der Waals surface area contributed by atoms with Crippen molar-refractivity contribution in [1.82, 2.24) is 24.4 Å². The minimum atomic E-state index is -0.453. The summed E-state index contributed by atoms with van der Waals surface area (Å²) in [4.78, 5) is 27.5. The topological polar surface area (TPSA) is 72.7 Å². The molecule has 0 saturated carbocycles. The Morgan fingerprint density at radius 2 is 1.87 bits per heavy atom. The van der Waals surface area contributed by atoms with Gasteiger partial charge in [0.05, 0.1) is 34.7 Å². The van der Waals surface area contributed by atoms with Crippen molar-refractivity contribution >= 4 is 51.4 Å². The van der Waals surface area contributed by atoms with Crippen LogP contribution in [0.1, 0.15) is 15.9 Å². The molecule has 2 aromatic carbocycles. The fraction of sp³-hybridized carbons (Fsp3) is 0.0435. The van der Waals surface area contributed by atoms with Crippen molar-refractivity contribution in [2.45, 2.75) is 6.54 Å². The SMILES string of the molecule is O=C(NCl)c1ccc(-c2ccc3ncn(Cc4ccc5ncccc5c4)c3n2)cc1Cl. The Bertz CT molecular complexity index is 1450. The van der Waals surface area contributed by atoms with Crippen LogP contribution in [-0.2, 0) is 6.54 Å². The first kappa shape index (κ1) is 19.5. The lowest BCUT2D eigenvalue weighted by molar-refractivity contribution is 0.0982. The van der Waals surface area contributed by atoms with Gasteiger partial charge in [0.1, 0.15) is 5.52 Å². The zero-order valence-electron chi connectivity index (χ0n) is 16.1. The Morgan fingerprint density at radius 1 is 1.00 bits per heavy atom. The molecule has 0 radical (unpaired) electrons. The first-order chi connectivity index (χ1) is 15.1. The molecule has 5 aromatic rings. The van der Waals surface area contributed by atoms with Crippen LogP contribution in [0, 0.1) is 0 Å². The zero-order chi connectivity index (χ0) is 21.4. The average molecular weight is 448 g/mol. The number of carbonyl (C=O) groups is 1. The number of carbonyl (C=O) groups excluding carboxylic acids is 1. The number of imidazole rings is 1. The highest BCUT2D eigenvalue weighted by molar-refractivity contribution is 6.35. The van der Waals surface area contributed by atoms with E-state index in [4.69, 9.17) is 28.4 Å². The van der Waals surface area contributed by atoms with E-state index in [9.17, 15) is 4.79 Å². The number of rotatable bonds is 4. The van der Waals surface area contributed by atoms with Crippen molar-refractivity contribution in [2.24, 2.45) is 0 Å². The molecule has 152 valence electrons. The summed E-state index contributed by atoms with van der Waals surface area (Å²) in [5, 5.41) is 1.39. The molecule has 0 aliphatic carbocycles. The van der Waals surface area contributed by atoms with Gasteiger partial charge in [0.2, 0.25) is 0 Å². The van der Waals surface area contributed by atoms with E-state index in [0.717, 1.165) is 38.9 Å². The van der Waals surface area contributed by atoms with Crippen LogP contribution >= 0.6 is 23.4 Å². The Hall–Kier alpha value is -3.48. The molecular weight excluding hydrogens is 433 g/mol. The molecule has 0 aliphatic heterocycles. The molecule has 5 rings (SSSR count). The number of amides is 1. The molecule has 3 aromatic heterocycles. The first-order valence-corrected chi connectivity index (χ1v) is 10.2. The van der Waals surface area contributed by atoms with E-state index in [2.05, 4.69) is 26.9 Å². The van der Waals surface area contributed by atoms with Crippen molar-refractivity contribution in [1.29, 1.82) is 0 Å². The van der Waals surface area contributed by atoms with E-state index < -0.39 is 5.91 Å². The number of pyridine rings is 2. The fourth-order valence-corrected chi connectivity index (χ4v) is 3.91. The summed E-state index contributed by atoms with van der Waals surface area (Å²) in [6.07, 6.45) is 3.58. The highest BCUT2D eigenvalue weighted by Gasteiger charge is 2.13. The van der Waals surface area contributed by atoms with E-state index >= 15 is 0 Å². The number of nitrogens with one attached hydrogen (secondary N) is 1. The molecule has 8 heteroatoms. The molecule has 0 unspecified atom stereocenters. The smallest absolute Gasteiger partial charge is 0.267 e. The molecule has 3 heterocycles. The van der Waals surface area contributed by atoms with Crippen molar-refractivity contribution in [3.8, 4) is 11.3 Å². The molecule has 0 aliphatic rings. The maximum absolute atomic E-state index is 11.8. The third kappa shape index (κ3) is 3.71. The van der Waals surface area contributed by atoms with Crippen LogP contribution < -0.4 is 4.84 Å². The third-order valence-corrected chi connectivity index (χ3v) is 5.56. The predicted molar refractivity (Wildman–Crippen MR) is 122 cm³/mol. The molecule has 0 saturated heterocycles. The predicted octanol–water partition coefficient (Wildman–Crippen LogP) is 5.23. The van der Waals surface area contributed by atoms with Crippen LogP contribution in [-0.4, -0.2) is 25.4 Å². The molecule has 0 bridgehead atoms. The van der Waals surface area contributed by atoms with Gasteiger partial charge in [-0.1, -0.05) is 29.8 Å². The van der Waals surface area contributed by atoms with Gasteiger partial charge in [-0.3, -0.25) is 14.6 Å². The van der Waals surface area contributed by atoms with E-state index in [-0.39, 0.29) is 0 Å². The summed E-state index contributed by atoms with van der Waals surface area (Å²) in [6, 6.07) is 19.1. The van der Waals surface area contributed by atoms with Gasteiger partial charge in [-0.05, 0) is 48.0 Å². The molecule has 0 spiro atoms. The second-order valence-electron chi connectivity index (χ2n) is 7.06. The number of nitrogens with zero attached hydrogens (tertiary/aromatic N) is 4. The lowest BCUT2D eigenvalue weighted by atomic mass is 10.1. The van der Waals surface area contributed by atoms with Gasteiger partial charge < -0.3 is 4.57 Å². The van der Waals surface area contributed by atoms with Crippen molar-refractivity contribution in [3.05, 3.63) is 89.3 Å². The maximum Gasteiger partial charge on any atom is 0.267 e. The lowest BCUT2D eigenvalue weighted by Crippen LogP contribution is -2.12. The molecule has 31 heavy (non-hydrogen) atoms. The van der Waals surface area contributed by atoms with Gasteiger partial charge in [0.25, 0.3) is 5.91 Å². The Labute approximate surface area is 187 Å². The number of fused-ring (bicyclic) bond motifs is 2. The summed E-state index contributed by atoms with van der Waals surface area (Å²) < 4.78 is 2.01. The van der Waals surface area contributed by atoms with Crippen LogP contribution in [0.5, 0.6) is 0 Å². The van der Waals surface area contributed by atoms with Crippen LogP contribution in [0.4, 0.5) is 0 Å². The quantitative estimate of drug-likeness (QED) is 0.382. The summed E-state index contributed by atoms with van der Waals surface area (Å²) in [6.45, 7) is 0.632. The Balaban J connectivity index is 1.51. The highest BCUT2D eigenvalue weighted by Crippen LogP contribution is 2.26. The molecule has 0 fully saturated rings. The van der Waals surface area contributed by atoms with Crippen LogP contribution in [0.2, 0.25) is 5.02 Å². The lowest BCUT2D eigenvalue weighted by Gasteiger charge is -2.08. The van der Waals surface area contributed by atoms with E-state index in [1.54, 1.807) is 30.7 Å². The normalized spacial score (nSPS) is 11.2. The summed E-state index contributed by atoms with van der Waals surface area (Å²) in [7, 11) is 0.